The minimum Gasteiger partial charge on any atom is -0.505 e. The summed E-state index contributed by atoms with van der Waals surface area (Å²) in [5.41, 5.74) is 0.272. The molecule has 0 bridgehead atoms. The maximum absolute atomic E-state index is 12.6. The Morgan fingerprint density at radius 1 is 1.58 bits per heavy atom. The molecule has 2 nitrogen and oxygen atoms in total. The van der Waals surface area contributed by atoms with Gasteiger partial charge in [-0.05, 0) is 35.0 Å². The average Bonchev–Trinajstić information content (AvgIpc) is 1.96. The Morgan fingerprint density at radius 3 is 2.67 bits per heavy atom. The van der Waals surface area contributed by atoms with Gasteiger partial charge in [0.1, 0.15) is 0 Å². The van der Waals surface area contributed by atoms with E-state index in [4.69, 9.17) is 5.11 Å². The zero-order valence-electron chi connectivity index (χ0n) is 6.27. The zero-order chi connectivity index (χ0) is 9.30. The first-order chi connectivity index (χ1) is 5.52. The number of rotatable bonds is 1. The fraction of sp³-hybridized carbons (Fsp3) is 0.125. The van der Waals surface area contributed by atoms with Crippen molar-refractivity contribution in [1.82, 2.24) is 0 Å². The molecule has 4 heteroatoms. The Morgan fingerprint density at radius 2 is 2.17 bits per heavy atom. The van der Waals surface area contributed by atoms with Crippen molar-refractivity contribution in [2.75, 3.05) is 0 Å². The van der Waals surface area contributed by atoms with Crippen LogP contribution in [0.25, 0.3) is 0 Å². The molecule has 0 atom stereocenters. The predicted octanol–water partition coefficient (Wildman–Crippen LogP) is 2.50. The largest absolute Gasteiger partial charge is 0.505 e. The van der Waals surface area contributed by atoms with E-state index in [9.17, 15) is 9.18 Å². The normalized spacial score (nSPS) is 9.92. The highest BCUT2D eigenvalue weighted by Gasteiger charge is 2.09. The summed E-state index contributed by atoms with van der Waals surface area (Å²) in [5, 5.41) is 8.93. The average molecular weight is 233 g/mol. The number of phenolic OH excluding ortho intramolecular Hbond substituents is 1. The van der Waals surface area contributed by atoms with Crippen molar-refractivity contribution in [1.29, 1.82) is 0 Å². The number of halogens is 2. The Bertz CT molecular complexity index is 336. The topological polar surface area (TPSA) is 37.3 Å². The van der Waals surface area contributed by atoms with E-state index >= 15 is 0 Å². The zero-order valence-corrected chi connectivity index (χ0v) is 7.85. The fourth-order valence-electron chi connectivity index (χ4n) is 0.807. The monoisotopic (exact) mass is 232 g/mol. The Balaban J connectivity index is 3.33. The predicted molar refractivity (Wildman–Crippen MR) is 45.8 cm³/mol. The van der Waals surface area contributed by atoms with E-state index in [1.807, 2.05) is 0 Å². The molecule has 0 spiro atoms. The van der Waals surface area contributed by atoms with Gasteiger partial charge in [0.05, 0.1) is 0 Å². The molecule has 1 rings (SSSR count). The van der Waals surface area contributed by atoms with Crippen molar-refractivity contribution in [3.05, 3.63) is 28.0 Å². The van der Waals surface area contributed by atoms with Crippen LogP contribution in [0.4, 0.5) is 4.39 Å². The van der Waals surface area contributed by atoms with Gasteiger partial charge in [-0.25, -0.2) is 4.39 Å². The molecule has 64 valence electrons. The molecule has 0 radical (unpaired) electrons. The van der Waals surface area contributed by atoms with Crippen LogP contribution in [0.1, 0.15) is 17.3 Å². The molecule has 0 aromatic heterocycles. The fourth-order valence-corrected chi connectivity index (χ4v) is 1.40. The molecule has 1 aromatic carbocycles. The van der Waals surface area contributed by atoms with Crippen LogP contribution in [0.2, 0.25) is 0 Å². The molecule has 0 aliphatic carbocycles. The number of hydrogen-bond donors (Lipinski definition) is 1. The molecular formula is C8H6BrFO2. The second-order valence-electron chi connectivity index (χ2n) is 2.34. The summed E-state index contributed by atoms with van der Waals surface area (Å²) in [6.07, 6.45) is 0. The SMILES string of the molecule is CC(=O)c1cc(O)c(F)cc1Br. The molecule has 0 saturated carbocycles. The highest BCUT2D eigenvalue weighted by Crippen LogP contribution is 2.25. The van der Waals surface area contributed by atoms with E-state index in [1.54, 1.807) is 0 Å². The van der Waals surface area contributed by atoms with Crippen molar-refractivity contribution >= 4 is 21.7 Å². The van der Waals surface area contributed by atoms with E-state index in [0.29, 0.717) is 4.47 Å². The number of hydrogen-bond acceptors (Lipinski definition) is 2. The summed E-state index contributed by atoms with van der Waals surface area (Å²) in [6.45, 7) is 1.34. The number of phenols is 1. The van der Waals surface area contributed by atoms with Crippen LogP contribution in [0.15, 0.2) is 16.6 Å². The van der Waals surface area contributed by atoms with Crippen LogP contribution >= 0.6 is 15.9 Å². The van der Waals surface area contributed by atoms with Crippen LogP contribution in [0.5, 0.6) is 5.75 Å². The van der Waals surface area contributed by atoms with Crippen molar-refractivity contribution in [2.24, 2.45) is 0 Å². The van der Waals surface area contributed by atoms with Gasteiger partial charge in [0.2, 0.25) is 0 Å². The van der Waals surface area contributed by atoms with Gasteiger partial charge in [-0.3, -0.25) is 4.79 Å². The first kappa shape index (κ1) is 9.19. The molecule has 0 aliphatic rings. The number of Topliss-reactive ketones (excluding diaryl/α,β-unsaturated/α-hetero) is 1. The van der Waals surface area contributed by atoms with Crippen molar-refractivity contribution in [3.8, 4) is 5.75 Å². The van der Waals surface area contributed by atoms with Gasteiger partial charge in [0.25, 0.3) is 0 Å². The van der Waals surface area contributed by atoms with Crippen molar-refractivity contribution in [3.63, 3.8) is 0 Å². The standard InChI is InChI=1S/C8H6BrFO2/c1-4(11)5-2-8(12)7(10)3-6(5)9/h2-3,12H,1H3. The minimum absolute atomic E-state index is 0.225. The van der Waals surface area contributed by atoms with Gasteiger partial charge in [-0.15, -0.1) is 0 Å². The lowest BCUT2D eigenvalue weighted by molar-refractivity contribution is 0.101. The molecular weight excluding hydrogens is 227 g/mol. The van der Waals surface area contributed by atoms with Gasteiger partial charge < -0.3 is 5.11 Å². The van der Waals surface area contributed by atoms with Crippen LogP contribution in [-0.2, 0) is 0 Å². The molecule has 0 heterocycles. The molecule has 1 N–H and O–H groups in total. The van der Waals surface area contributed by atoms with E-state index in [-0.39, 0.29) is 11.3 Å². The Labute approximate surface area is 77.2 Å². The molecule has 1 aromatic rings. The van der Waals surface area contributed by atoms with E-state index in [0.717, 1.165) is 12.1 Å². The quantitative estimate of drug-likeness (QED) is 0.756. The van der Waals surface area contributed by atoms with Crippen molar-refractivity contribution < 1.29 is 14.3 Å². The number of carbonyl (C=O) groups excluding carboxylic acids is 1. The van der Waals surface area contributed by atoms with Gasteiger partial charge in [0.15, 0.2) is 17.3 Å². The highest BCUT2D eigenvalue weighted by atomic mass is 79.9. The van der Waals surface area contributed by atoms with Gasteiger partial charge in [0, 0.05) is 10.0 Å². The summed E-state index contributed by atoms with van der Waals surface area (Å²) in [5.74, 6) is -1.48. The maximum Gasteiger partial charge on any atom is 0.165 e. The molecule has 0 aliphatic heterocycles. The lowest BCUT2D eigenvalue weighted by Crippen LogP contribution is -1.94. The van der Waals surface area contributed by atoms with Crippen LogP contribution < -0.4 is 0 Å². The third-order valence-electron chi connectivity index (χ3n) is 1.42. The van der Waals surface area contributed by atoms with E-state index < -0.39 is 11.6 Å². The lowest BCUT2D eigenvalue weighted by Gasteiger charge is -2.01. The second kappa shape index (κ2) is 3.23. The number of benzene rings is 1. The number of aromatic hydroxyl groups is 1. The third kappa shape index (κ3) is 1.64. The maximum atomic E-state index is 12.6. The molecule has 0 amide bonds. The first-order valence-corrected chi connectivity index (χ1v) is 4.00. The summed E-state index contributed by atoms with van der Waals surface area (Å²) < 4.78 is 13.0. The summed E-state index contributed by atoms with van der Waals surface area (Å²) >= 11 is 3.01. The summed E-state index contributed by atoms with van der Waals surface area (Å²) in [7, 11) is 0. The summed E-state index contributed by atoms with van der Waals surface area (Å²) in [4.78, 5) is 10.9. The molecule has 0 saturated heterocycles. The second-order valence-corrected chi connectivity index (χ2v) is 3.19. The lowest BCUT2D eigenvalue weighted by atomic mass is 10.1. The van der Waals surface area contributed by atoms with Crippen LogP contribution in [0.3, 0.4) is 0 Å². The molecule has 0 unspecified atom stereocenters. The van der Waals surface area contributed by atoms with E-state index in [2.05, 4.69) is 15.9 Å². The van der Waals surface area contributed by atoms with Gasteiger partial charge in [-0.2, -0.15) is 0 Å². The highest BCUT2D eigenvalue weighted by molar-refractivity contribution is 9.10. The minimum atomic E-state index is -0.744. The smallest absolute Gasteiger partial charge is 0.165 e. The van der Waals surface area contributed by atoms with E-state index in [1.165, 1.54) is 6.92 Å². The molecule has 12 heavy (non-hydrogen) atoms. The van der Waals surface area contributed by atoms with Crippen molar-refractivity contribution in [2.45, 2.75) is 6.92 Å². The van der Waals surface area contributed by atoms with Gasteiger partial charge >= 0.3 is 0 Å². The number of ketones is 1. The summed E-state index contributed by atoms with van der Waals surface area (Å²) in [6, 6.07) is 2.16. The first-order valence-electron chi connectivity index (χ1n) is 3.21. The Kier molecular flexibility index (Phi) is 2.47. The third-order valence-corrected chi connectivity index (χ3v) is 2.07. The Hall–Kier alpha value is -0.900. The van der Waals surface area contributed by atoms with Crippen LogP contribution in [-0.4, -0.2) is 10.9 Å². The van der Waals surface area contributed by atoms with Gasteiger partial charge in [-0.1, -0.05) is 0 Å². The molecule has 0 fully saturated rings. The number of carbonyl (C=O) groups is 1. The van der Waals surface area contributed by atoms with Crippen LogP contribution in [0, 0.1) is 5.82 Å².